The van der Waals surface area contributed by atoms with Crippen molar-refractivity contribution < 1.29 is 14.7 Å². The maximum Gasteiger partial charge on any atom is 0.332 e. The zero-order chi connectivity index (χ0) is 14.4. The van der Waals surface area contributed by atoms with Gasteiger partial charge in [0.15, 0.2) is 0 Å². The van der Waals surface area contributed by atoms with Gasteiger partial charge in [-0.1, -0.05) is 42.5 Å². The summed E-state index contributed by atoms with van der Waals surface area (Å²) in [6.07, 6.45) is 6.28. The monoisotopic (exact) mass is 271 g/mol. The van der Waals surface area contributed by atoms with Gasteiger partial charge >= 0.3 is 5.97 Å². The molecule has 1 aliphatic heterocycles. The van der Waals surface area contributed by atoms with Crippen molar-refractivity contribution in [2.75, 3.05) is 13.1 Å². The van der Waals surface area contributed by atoms with Crippen molar-refractivity contribution >= 4 is 18.0 Å². The van der Waals surface area contributed by atoms with E-state index in [1.807, 2.05) is 42.5 Å². The predicted molar refractivity (Wildman–Crippen MR) is 77.0 cm³/mol. The molecule has 0 aliphatic carbocycles. The Morgan fingerprint density at radius 1 is 1.20 bits per heavy atom. The summed E-state index contributed by atoms with van der Waals surface area (Å²) in [5.74, 6) is -1.19. The largest absolute Gasteiger partial charge is 0.478 e. The second-order valence-electron chi connectivity index (χ2n) is 4.66. The van der Waals surface area contributed by atoms with Crippen molar-refractivity contribution in [2.24, 2.45) is 0 Å². The van der Waals surface area contributed by atoms with E-state index in [-0.39, 0.29) is 17.9 Å². The normalized spacial score (nSPS) is 15.2. The molecule has 0 saturated heterocycles. The van der Waals surface area contributed by atoms with Crippen LogP contribution in [0, 0.1) is 0 Å². The van der Waals surface area contributed by atoms with Gasteiger partial charge in [-0.05, 0) is 18.1 Å². The lowest BCUT2D eigenvalue weighted by atomic mass is 10.1. The Labute approximate surface area is 118 Å². The topological polar surface area (TPSA) is 57.6 Å². The summed E-state index contributed by atoms with van der Waals surface area (Å²) < 4.78 is 0. The summed E-state index contributed by atoms with van der Waals surface area (Å²) in [5, 5.41) is 9.23. The Hall–Kier alpha value is -2.36. The van der Waals surface area contributed by atoms with Gasteiger partial charge in [0.1, 0.15) is 0 Å². The van der Waals surface area contributed by atoms with Gasteiger partial charge in [-0.25, -0.2) is 4.79 Å². The van der Waals surface area contributed by atoms with Crippen LogP contribution in [0.2, 0.25) is 0 Å². The van der Waals surface area contributed by atoms with Crippen LogP contribution in [0.3, 0.4) is 0 Å². The Morgan fingerprint density at radius 3 is 2.55 bits per heavy atom. The van der Waals surface area contributed by atoms with Crippen molar-refractivity contribution in [1.29, 1.82) is 0 Å². The molecule has 1 heterocycles. The second kappa shape index (κ2) is 6.70. The van der Waals surface area contributed by atoms with Crippen LogP contribution in [0.1, 0.15) is 18.4 Å². The zero-order valence-electron chi connectivity index (χ0n) is 11.2. The first-order valence-electron chi connectivity index (χ1n) is 6.58. The van der Waals surface area contributed by atoms with Gasteiger partial charge in [0.25, 0.3) is 0 Å². The number of nitrogens with zero attached hydrogens (tertiary/aromatic N) is 1. The van der Waals surface area contributed by atoms with Gasteiger partial charge in [-0.15, -0.1) is 0 Å². The number of carboxylic acid groups (broad SMARTS) is 1. The smallest absolute Gasteiger partial charge is 0.332 e. The van der Waals surface area contributed by atoms with Crippen LogP contribution in [0.5, 0.6) is 0 Å². The third kappa shape index (κ3) is 3.82. The molecule has 0 fully saturated rings. The maximum absolute atomic E-state index is 12.1. The minimum Gasteiger partial charge on any atom is -0.478 e. The van der Waals surface area contributed by atoms with Crippen molar-refractivity contribution in [3.05, 3.63) is 53.6 Å². The first-order chi connectivity index (χ1) is 9.66. The van der Waals surface area contributed by atoms with Crippen LogP contribution in [-0.4, -0.2) is 35.0 Å². The fourth-order valence-electron chi connectivity index (χ4n) is 2.08. The number of amides is 1. The van der Waals surface area contributed by atoms with E-state index in [4.69, 9.17) is 0 Å². The Bertz CT molecular complexity index is 546. The average Bonchev–Trinajstić information content (AvgIpc) is 2.48. The quantitative estimate of drug-likeness (QED) is 0.675. The molecular weight excluding hydrogens is 254 g/mol. The van der Waals surface area contributed by atoms with E-state index < -0.39 is 5.97 Å². The van der Waals surface area contributed by atoms with Gasteiger partial charge in [0.2, 0.25) is 5.91 Å². The number of carbonyl (C=O) groups is 2. The van der Waals surface area contributed by atoms with Gasteiger partial charge in [0, 0.05) is 18.7 Å². The average molecular weight is 271 g/mol. The Kier molecular flexibility index (Phi) is 4.71. The third-order valence-electron chi connectivity index (χ3n) is 3.17. The van der Waals surface area contributed by atoms with Gasteiger partial charge in [0.05, 0.1) is 6.42 Å². The highest BCUT2D eigenvalue weighted by molar-refractivity contribution is 5.98. The summed E-state index contributed by atoms with van der Waals surface area (Å²) in [6.45, 7) is 1.23. The fraction of sp³-hybridized carbons (Fsp3) is 0.250. The van der Waals surface area contributed by atoms with Crippen LogP contribution in [0.15, 0.2) is 48.1 Å². The molecule has 1 N–H and O–H groups in total. The summed E-state index contributed by atoms with van der Waals surface area (Å²) >= 11 is 0. The molecule has 1 aliphatic rings. The van der Waals surface area contributed by atoms with Crippen LogP contribution in [-0.2, 0) is 9.59 Å². The van der Waals surface area contributed by atoms with E-state index in [1.165, 1.54) is 0 Å². The van der Waals surface area contributed by atoms with Crippen LogP contribution < -0.4 is 0 Å². The SMILES string of the molecule is O=C(O)/C(=C/c1ccccc1)CC(=O)N1CC=CCC1. The van der Waals surface area contributed by atoms with Crippen LogP contribution in [0.4, 0.5) is 0 Å². The van der Waals surface area contributed by atoms with Crippen molar-refractivity contribution in [3.63, 3.8) is 0 Å². The number of rotatable bonds is 4. The molecule has 1 amide bonds. The summed E-state index contributed by atoms with van der Waals surface area (Å²) in [5.41, 5.74) is 0.909. The molecule has 0 aromatic heterocycles. The standard InChI is InChI=1S/C16H17NO3/c18-15(17-9-5-2-6-10-17)12-14(16(19)20)11-13-7-3-1-4-8-13/h1-5,7-8,11H,6,9-10,12H2,(H,19,20)/b14-11+. The van der Waals surface area contributed by atoms with E-state index in [0.29, 0.717) is 13.1 Å². The molecule has 1 aromatic carbocycles. The molecule has 104 valence electrons. The molecule has 4 heteroatoms. The summed E-state index contributed by atoms with van der Waals surface area (Å²) in [4.78, 5) is 25.0. The number of carboxylic acids is 1. The molecule has 0 saturated carbocycles. The van der Waals surface area contributed by atoms with E-state index in [2.05, 4.69) is 0 Å². The second-order valence-corrected chi connectivity index (χ2v) is 4.66. The molecule has 0 bridgehead atoms. The van der Waals surface area contributed by atoms with E-state index in [9.17, 15) is 14.7 Å². The predicted octanol–water partition coefficient (Wildman–Crippen LogP) is 2.33. The summed E-state index contributed by atoms with van der Waals surface area (Å²) in [6, 6.07) is 9.17. The van der Waals surface area contributed by atoms with E-state index in [1.54, 1.807) is 11.0 Å². The highest BCUT2D eigenvalue weighted by Gasteiger charge is 2.18. The minimum absolute atomic E-state index is 0.0714. The maximum atomic E-state index is 12.1. The zero-order valence-corrected chi connectivity index (χ0v) is 11.2. The molecular formula is C16H17NO3. The van der Waals surface area contributed by atoms with Crippen LogP contribution in [0.25, 0.3) is 6.08 Å². The lowest BCUT2D eigenvalue weighted by molar-refractivity contribution is -0.136. The number of carbonyl (C=O) groups excluding carboxylic acids is 1. The lowest BCUT2D eigenvalue weighted by Gasteiger charge is -2.23. The van der Waals surface area contributed by atoms with Gasteiger partial charge in [-0.3, -0.25) is 4.79 Å². The Morgan fingerprint density at radius 2 is 1.95 bits per heavy atom. The van der Waals surface area contributed by atoms with Gasteiger partial charge in [-0.2, -0.15) is 0 Å². The lowest BCUT2D eigenvalue weighted by Crippen LogP contribution is -2.34. The third-order valence-corrected chi connectivity index (χ3v) is 3.17. The molecule has 0 radical (unpaired) electrons. The fourth-order valence-corrected chi connectivity index (χ4v) is 2.08. The van der Waals surface area contributed by atoms with Crippen molar-refractivity contribution in [1.82, 2.24) is 4.90 Å². The van der Waals surface area contributed by atoms with Gasteiger partial charge < -0.3 is 10.0 Å². The first-order valence-corrected chi connectivity index (χ1v) is 6.58. The molecule has 4 nitrogen and oxygen atoms in total. The van der Waals surface area contributed by atoms with Crippen LogP contribution >= 0.6 is 0 Å². The molecule has 0 spiro atoms. The first kappa shape index (κ1) is 14.1. The number of benzene rings is 1. The molecule has 0 atom stereocenters. The highest BCUT2D eigenvalue weighted by Crippen LogP contribution is 2.13. The molecule has 1 aromatic rings. The molecule has 2 rings (SSSR count). The van der Waals surface area contributed by atoms with E-state index in [0.717, 1.165) is 12.0 Å². The van der Waals surface area contributed by atoms with Crippen molar-refractivity contribution in [2.45, 2.75) is 12.8 Å². The number of hydrogen-bond donors (Lipinski definition) is 1. The molecule has 20 heavy (non-hydrogen) atoms. The minimum atomic E-state index is -1.05. The molecule has 0 unspecified atom stereocenters. The highest BCUT2D eigenvalue weighted by atomic mass is 16.4. The van der Waals surface area contributed by atoms with E-state index >= 15 is 0 Å². The number of aliphatic carboxylic acids is 1. The van der Waals surface area contributed by atoms with Crippen molar-refractivity contribution in [3.8, 4) is 0 Å². The number of hydrogen-bond acceptors (Lipinski definition) is 2. The summed E-state index contributed by atoms with van der Waals surface area (Å²) in [7, 11) is 0. The Balaban J connectivity index is 2.10.